The van der Waals surface area contributed by atoms with Crippen molar-refractivity contribution in [2.75, 3.05) is 6.54 Å². The Balaban J connectivity index is 2.20. The summed E-state index contributed by atoms with van der Waals surface area (Å²) in [6.07, 6.45) is 0.876. The zero-order valence-electron chi connectivity index (χ0n) is 7.46. The smallest absolute Gasteiger partial charge is 0.295 e. The van der Waals surface area contributed by atoms with Gasteiger partial charge in [-0.1, -0.05) is 5.92 Å². The van der Waals surface area contributed by atoms with E-state index in [9.17, 15) is 4.79 Å². The van der Waals surface area contributed by atoms with Crippen molar-refractivity contribution in [2.24, 2.45) is 0 Å². The van der Waals surface area contributed by atoms with Crippen LogP contribution >= 0.6 is 11.3 Å². The Morgan fingerprint density at radius 1 is 1.69 bits per heavy atom. The van der Waals surface area contributed by atoms with Gasteiger partial charge in [-0.2, -0.15) is 11.3 Å². The van der Waals surface area contributed by atoms with Gasteiger partial charge < -0.3 is 5.32 Å². The molecule has 2 nitrogen and oxygen atoms in total. The van der Waals surface area contributed by atoms with Gasteiger partial charge in [0.25, 0.3) is 5.91 Å². The molecule has 0 unspecified atom stereocenters. The average Bonchev–Trinajstić information content (AvgIpc) is 2.57. The Kier molecular flexibility index (Phi) is 4.07. The van der Waals surface area contributed by atoms with Crippen LogP contribution in [0, 0.1) is 11.8 Å². The Morgan fingerprint density at radius 2 is 2.54 bits per heavy atom. The molecule has 0 radical (unpaired) electrons. The molecule has 0 saturated heterocycles. The first-order valence-corrected chi connectivity index (χ1v) is 4.99. The molecule has 0 aliphatic rings. The quantitative estimate of drug-likeness (QED) is 0.723. The van der Waals surface area contributed by atoms with E-state index < -0.39 is 0 Å². The van der Waals surface area contributed by atoms with E-state index in [1.165, 1.54) is 5.56 Å². The van der Waals surface area contributed by atoms with Gasteiger partial charge in [-0.05, 0) is 41.7 Å². The van der Waals surface area contributed by atoms with Crippen LogP contribution in [0.3, 0.4) is 0 Å². The maximum atomic E-state index is 10.9. The van der Waals surface area contributed by atoms with Gasteiger partial charge in [0.2, 0.25) is 0 Å². The molecule has 68 valence electrons. The van der Waals surface area contributed by atoms with Crippen LogP contribution in [-0.4, -0.2) is 12.5 Å². The van der Waals surface area contributed by atoms with E-state index in [2.05, 4.69) is 28.6 Å². The molecule has 0 aromatic carbocycles. The number of amides is 1. The third-order valence-corrected chi connectivity index (χ3v) is 2.25. The van der Waals surface area contributed by atoms with Crippen LogP contribution in [0.1, 0.15) is 12.5 Å². The van der Waals surface area contributed by atoms with E-state index in [1.54, 1.807) is 18.3 Å². The monoisotopic (exact) mass is 193 g/mol. The van der Waals surface area contributed by atoms with Gasteiger partial charge in [0.05, 0.1) is 0 Å². The van der Waals surface area contributed by atoms with E-state index in [0.29, 0.717) is 6.54 Å². The fourth-order valence-corrected chi connectivity index (χ4v) is 1.62. The van der Waals surface area contributed by atoms with Crippen LogP contribution in [0.15, 0.2) is 16.8 Å². The zero-order chi connectivity index (χ0) is 9.52. The lowest BCUT2D eigenvalue weighted by atomic mass is 10.2. The molecule has 1 aromatic heterocycles. The van der Waals surface area contributed by atoms with Gasteiger partial charge in [0.15, 0.2) is 0 Å². The standard InChI is InChI=1S/C10H11NOS/c1-2-3-10(12)11-6-4-9-5-7-13-8-9/h5,7-8H,4,6H2,1H3,(H,11,12). The molecule has 1 N–H and O–H groups in total. The highest BCUT2D eigenvalue weighted by atomic mass is 32.1. The summed E-state index contributed by atoms with van der Waals surface area (Å²) in [6, 6.07) is 2.06. The number of nitrogens with one attached hydrogen (secondary N) is 1. The normalized spacial score (nSPS) is 8.69. The Hall–Kier alpha value is -1.27. The van der Waals surface area contributed by atoms with E-state index in [0.717, 1.165) is 6.42 Å². The van der Waals surface area contributed by atoms with Crippen molar-refractivity contribution in [3.8, 4) is 11.8 Å². The fraction of sp³-hybridized carbons (Fsp3) is 0.300. The van der Waals surface area contributed by atoms with E-state index in [1.807, 2.05) is 5.38 Å². The lowest BCUT2D eigenvalue weighted by Crippen LogP contribution is -2.23. The Morgan fingerprint density at radius 3 is 3.15 bits per heavy atom. The van der Waals surface area contributed by atoms with Crippen molar-refractivity contribution in [2.45, 2.75) is 13.3 Å². The summed E-state index contributed by atoms with van der Waals surface area (Å²) in [7, 11) is 0. The first kappa shape index (κ1) is 9.82. The van der Waals surface area contributed by atoms with Crippen LogP contribution in [0.5, 0.6) is 0 Å². The highest BCUT2D eigenvalue weighted by Gasteiger charge is 1.95. The highest BCUT2D eigenvalue weighted by molar-refractivity contribution is 7.07. The third kappa shape index (κ3) is 3.77. The SMILES string of the molecule is CC#CC(=O)NCCc1ccsc1. The molecule has 13 heavy (non-hydrogen) atoms. The summed E-state index contributed by atoms with van der Waals surface area (Å²) in [5.41, 5.74) is 1.26. The Labute approximate surface area is 82.0 Å². The maximum Gasteiger partial charge on any atom is 0.295 e. The molecule has 0 spiro atoms. The van der Waals surface area contributed by atoms with Crippen LogP contribution < -0.4 is 5.32 Å². The molecule has 1 amide bonds. The molecule has 0 aliphatic heterocycles. The molecule has 0 atom stereocenters. The molecule has 0 saturated carbocycles. The van der Waals surface area contributed by atoms with E-state index in [4.69, 9.17) is 0 Å². The largest absolute Gasteiger partial charge is 0.345 e. The van der Waals surface area contributed by atoms with Gasteiger partial charge >= 0.3 is 0 Å². The average molecular weight is 193 g/mol. The third-order valence-electron chi connectivity index (χ3n) is 1.52. The number of carbonyl (C=O) groups excluding carboxylic acids is 1. The predicted molar refractivity (Wildman–Crippen MR) is 54.5 cm³/mol. The molecule has 0 fully saturated rings. The van der Waals surface area contributed by atoms with Gasteiger partial charge in [-0.25, -0.2) is 0 Å². The molecule has 1 heterocycles. The summed E-state index contributed by atoms with van der Waals surface area (Å²) < 4.78 is 0. The summed E-state index contributed by atoms with van der Waals surface area (Å²) in [5.74, 6) is 4.78. The van der Waals surface area contributed by atoms with Gasteiger partial charge in [-0.15, -0.1) is 0 Å². The van der Waals surface area contributed by atoms with Crippen LogP contribution in [-0.2, 0) is 11.2 Å². The second-order valence-corrected chi connectivity index (χ2v) is 3.29. The Bertz CT molecular complexity index is 318. The highest BCUT2D eigenvalue weighted by Crippen LogP contribution is 2.05. The number of hydrogen-bond donors (Lipinski definition) is 1. The summed E-state index contributed by atoms with van der Waals surface area (Å²) >= 11 is 1.67. The van der Waals surface area contributed by atoms with Gasteiger partial charge in [-0.3, -0.25) is 4.79 Å². The molecular weight excluding hydrogens is 182 g/mol. The summed E-state index contributed by atoms with van der Waals surface area (Å²) in [6.45, 7) is 2.31. The second kappa shape index (κ2) is 5.39. The van der Waals surface area contributed by atoms with Crippen molar-refractivity contribution in [1.29, 1.82) is 0 Å². The van der Waals surface area contributed by atoms with Crippen LogP contribution in [0.25, 0.3) is 0 Å². The minimum atomic E-state index is -0.197. The molecule has 0 bridgehead atoms. The van der Waals surface area contributed by atoms with Crippen LogP contribution in [0.4, 0.5) is 0 Å². The van der Waals surface area contributed by atoms with Gasteiger partial charge in [0, 0.05) is 6.54 Å². The minimum absolute atomic E-state index is 0.197. The zero-order valence-corrected chi connectivity index (χ0v) is 8.28. The summed E-state index contributed by atoms with van der Waals surface area (Å²) in [5, 5.41) is 6.83. The molecule has 0 aliphatic carbocycles. The fourth-order valence-electron chi connectivity index (χ4n) is 0.913. The number of hydrogen-bond acceptors (Lipinski definition) is 2. The number of thiophene rings is 1. The van der Waals surface area contributed by atoms with Crippen molar-refractivity contribution in [3.05, 3.63) is 22.4 Å². The molecule has 1 rings (SSSR count). The summed E-state index contributed by atoms with van der Waals surface area (Å²) in [4.78, 5) is 10.9. The van der Waals surface area contributed by atoms with E-state index >= 15 is 0 Å². The minimum Gasteiger partial charge on any atom is -0.345 e. The molecule has 3 heteroatoms. The van der Waals surface area contributed by atoms with Crippen molar-refractivity contribution >= 4 is 17.2 Å². The second-order valence-electron chi connectivity index (χ2n) is 2.51. The topological polar surface area (TPSA) is 29.1 Å². The lowest BCUT2D eigenvalue weighted by molar-refractivity contribution is -0.115. The van der Waals surface area contributed by atoms with Crippen molar-refractivity contribution < 1.29 is 4.79 Å². The predicted octanol–water partition coefficient (Wildman–Crippen LogP) is 1.43. The first-order valence-electron chi connectivity index (χ1n) is 4.04. The first-order chi connectivity index (χ1) is 6.33. The lowest BCUT2D eigenvalue weighted by Gasteiger charge is -1.97. The maximum absolute atomic E-state index is 10.9. The van der Waals surface area contributed by atoms with E-state index in [-0.39, 0.29) is 5.91 Å². The van der Waals surface area contributed by atoms with Gasteiger partial charge in [0.1, 0.15) is 0 Å². The van der Waals surface area contributed by atoms with Crippen molar-refractivity contribution in [3.63, 3.8) is 0 Å². The number of carbonyl (C=O) groups is 1. The van der Waals surface area contributed by atoms with Crippen molar-refractivity contribution in [1.82, 2.24) is 5.32 Å². The number of rotatable bonds is 3. The molecule has 1 aromatic rings. The molecular formula is C10H11NOS. The van der Waals surface area contributed by atoms with Crippen LogP contribution in [0.2, 0.25) is 0 Å².